The number of hydrogen-bond donors (Lipinski definition) is 1. The first kappa shape index (κ1) is 22.7. The lowest BCUT2D eigenvalue weighted by atomic mass is 9.46. The molecule has 6 unspecified atom stereocenters. The van der Waals surface area contributed by atoms with Gasteiger partial charge in [-0.15, -0.1) is 0 Å². The fraction of sp³-hybridized carbons (Fsp3) is 0.786. The predicted octanol–water partition coefficient (Wildman–Crippen LogP) is 0.768. The average Bonchev–Trinajstić information content (AvgIpc) is 3.45. The van der Waals surface area contributed by atoms with Gasteiger partial charge in [0.05, 0.1) is 30.0 Å². The van der Waals surface area contributed by atoms with Crippen molar-refractivity contribution < 1.29 is 48.0 Å². The highest BCUT2D eigenvalue weighted by Crippen LogP contribution is 2.77. The first-order chi connectivity index (χ1) is 17.9. The van der Waals surface area contributed by atoms with Gasteiger partial charge < -0.3 is 28.8 Å². The summed E-state index contributed by atoms with van der Waals surface area (Å²) in [4.78, 5) is 55.6. The van der Waals surface area contributed by atoms with Crippen LogP contribution in [0.25, 0.3) is 0 Å². The second kappa shape index (κ2) is 5.82. The summed E-state index contributed by atoms with van der Waals surface area (Å²) < 4.78 is 31.5. The number of ether oxygens (including phenoxy) is 5. The molecule has 202 valence electrons. The molecule has 2 saturated carbocycles. The zero-order chi connectivity index (χ0) is 26.5. The first-order valence-electron chi connectivity index (χ1n) is 13.8. The Kier molecular flexibility index (Phi) is 3.47. The normalized spacial score (nSPS) is 64.1. The van der Waals surface area contributed by atoms with Crippen LogP contribution in [0.2, 0.25) is 0 Å². The van der Waals surface area contributed by atoms with Gasteiger partial charge in [0, 0.05) is 5.92 Å². The zero-order valence-corrected chi connectivity index (χ0v) is 21.5. The van der Waals surface area contributed by atoms with Crippen molar-refractivity contribution >= 4 is 23.5 Å². The Hall–Kier alpha value is -2.14. The maximum absolute atomic E-state index is 14.9. The van der Waals surface area contributed by atoms with E-state index in [9.17, 15) is 24.3 Å². The minimum absolute atomic E-state index is 0.0583. The smallest absolute Gasteiger partial charge is 0.342 e. The largest absolute Gasteiger partial charge is 0.458 e. The molecule has 9 aliphatic rings. The number of esters is 2. The summed E-state index contributed by atoms with van der Waals surface area (Å²) in [7, 11) is 0. The van der Waals surface area contributed by atoms with E-state index in [1.807, 2.05) is 19.9 Å². The van der Waals surface area contributed by atoms with E-state index in [2.05, 4.69) is 0 Å². The summed E-state index contributed by atoms with van der Waals surface area (Å²) >= 11 is 0. The number of rotatable bonds is 0. The highest BCUT2D eigenvalue weighted by Gasteiger charge is 2.94. The minimum atomic E-state index is -2.19. The van der Waals surface area contributed by atoms with E-state index in [0.29, 0.717) is 12.8 Å². The second-order valence-corrected chi connectivity index (χ2v) is 13.8. The molecule has 0 radical (unpaired) electrons. The second-order valence-electron chi connectivity index (χ2n) is 13.8. The minimum Gasteiger partial charge on any atom is -0.458 e. The SMILES string of the molecule is C[C@@]12C[C@H]3OC(=O)[C@@H]1CO[C@]14O[C@]5(C2C1=O)C(O)(CCC1C4CC2OC24CC=CC(=O)[C@]14C)C(=O)O[C@@]35C. The van der Waals surface area contributed by atoms with Crippen molar-refractivity contribution in [3.05, 3.63) is 12.2 Å². The van der Waals surface area contributed by atoms with Crippen LogP contribution >= 0.6 is 0 Å². The summed E-state index contributed by atoms with van der Waals surface area (Å²) in [5.74, 6) is -6.56. The van der Waals surface area contributed by atoms with Crippen LogP contribution in [0.3, 0.4) is 0 Å². The van der Waals surface area contributed by atoms with Crippen LogP contribution in [0.5, 0.6) is 0 Å². The molecule has 0 amide bonds. The van der Waals surface area contributed by atoms with Crippen LogP contribution in [0.4, 0.5) is 0 Å². The molecule has 38 heavy (non-hydrogen) atoms. The Morgan fingerprint density at radius 1 is 1.05 bits per heavy atom. The summed E-state index contributed by atoms with van der Waals surface area (Å²) in [5, 5.41) is 12.4. The molecule has 0 aromatic carbocycles. The van der Waals surface area contributed by atoms with E-state index >= 15 is 0 Å². The molecule has 8 fully saturated rings. The summed E-state index contributed by atoms with van der Waals surface area (Å²) in [5.41, 5.74) is -8.23. The molecule has 0 aromatic heterocycles. The number of carbonyl (C=O) groups excluding carboxylic acids is 4. The molecule has 0 aromatic rings. The Bertz CT molecular complexity index is 1340. The molecule has 10 heteroatoms. The Balaban J connectivity index is 1.34. The average molecular weight is 527 g/mol. The maximum Gasteiger partial charge on any atom is 0.342 e. The van der Waals surface area contributed by atoms with Crippen LogP contribution in [-0.4, -0.2) is 75.6 Å². The van der Waals surface area contributed by atoms with Gasteiger partial charge in [-0.3, -0.25) is 14.4 Å². The third-order valence-electron chi connectivity index (χ3n) is 12.9. The summed E-state index contributed by atoms with van der Waals surface area (Å²) in [6.45, 7) is 5.27. The van der Waals surface area contributed by atoms with Gasteiger partial charge in [0.25, 0.3) is 0 Å². The molecule has 3 aliphatic carbocycles. The van der Waals surface area contributed by atoms with Crippen LogP contribution < -0.4 is 0 Å². The van der Waals surface area contributed by atoms with Crippen LogP contribution in [0.1, 0.15) is 52.9 Å². The van der Waals surface area contributed by atoms with E-state index in [1.54, 1.807) is 13.0 Å². The zero-order valence-electron chi connectivity index (χ0n) is 21.5. The number of Topliss-reactive ketones (excluding diaryl/α,β-unsaturated/α-hetero) is 1. The Morgan fingerprint density at radius 2 is 1.84 bits per heavy atom. The lowest BCUT2D eigenvalue weighted by Gasteiger charge is -2.63. The topological polar surface area (TPSA) is 138 Å². The molecule has 5 bridgehead atoms. The van der Waals surface area contributed by atoms with Crippen LogP contribution in [0, 0.1) is 34.5 Å². The molecule has 6 heterocycles. The molecule has 10 nitrogen and oxygen atoms in total. The monoisotopic (exact) mass is 526 g/mol. The van der Waals surface area contributed by atoms with Crippen molar-refractivity contribution in [1.82, 2.24) is 0 Å². The van der Waals surface area contributed by atoms with Crippen molar-refractivity contribution in [2.24, 2.45) is 34.5 Å². The Labute approximate surface area is 218 Å². The number of hydrogen-bond acceptors (Lipinski definition) is 10. The van der Waals surface area contributed by atoms with E-state index in [0.717, 1.165) is 0 Å². The summed E-state index contributed by atoms with van der Waals surface area (Å²) in [6.07, 6.45) is 3.82. The maximum atomic E-state index is 14.9. The first-order valence-corrected chi connectivity index (χ1v) is 13.8. The number of ketones is 2. The van der Waals surface area contributed by atoms with Crippen LogP contribution in [-0.2, 0) is 42.9 Å². The number of allylic oxidation sites excluding steroid dienone is 1. The van der Waals surface area contributed by atoms with Gasteiger partial charge in [0.2, 0.25) is 5.79 Å². The van der Waals surface area contributed by atoms with E-state index < -0.39 is 80.7 Å². The van der Waals surface area contributed by atoms with Gasteiger partial charge in [0.1, 0.15) is 11.7 Å². The molecule has 9 rings (SSSR count). The molecular formula is C28H30O10. The number of epoxide rings is 1. The van der Waals surface area contributed by atoms with Gasteiger partial charge in [-0.25, -0.2) is 4.79 Å². The molecule has 13 atom stereocenters. The van der Waals surface area contributed by atoms with Crippen molar-refractivity contribution in [2.75, 3.05) is 6.61 Å². The van der Waals surface area contributed by atoms with Crippen molar-refractivity contribution in [2.45, 2.75) is 93.3 Å². The van der Waals surface area contributed by atoms with E-state index in [-0.39, 0.29) is 43.5 Å². The number of carbonyl (C=O) groups is 4. The predicted molar refractivity (Wildman–Crippen MR) is 122 cm³/mol. The number of fused-ring (bicyclic) bond motifs is 4. The van der Waals surface area contributed by atoms with Crippen molar-refractivity contribution in [3.63, 3.8) is 0 Å². The number of aliphatic hydroxyl groups is 1. The third-order valence-corrected chi connectivity index (χ3v) is 12.9. The third kappa shape index (κ3) is 1.79. The molecule has 6 saturated heterocycles. The Morgan fingerprint density at radius 3 is 2.63 bits per heavy atom. The van der Waals surface area contributed by atoms with Crippen LogP contribution in [0.15, 0.2) is 12.2 Å². The fourth-order valence-electron chi connectivity index (χ4n) is 10.9. The summed E-state index contributed by atoms with van der Waals surface area (Å²) in [6, 6.07) is 0. The molecule has 6 aliphatic heterocycles. The van der Waals surface area contributed by atoms with E-state index in [1.165, 1.54) is 0 Å². The standard InChI is InChI=1S/C28H30O10/c1-22-10-17-24(3)28-18(22)19(30)27(38-28,34-11-14(22)20(31)35-17)13-9-16-26(36-16)7-4-5-15(29)23(26,2)12(13)6-8-25(28,33)21(32)37-24/h4-5,12-14,16-18,33H,6-11H2,1-3H3/t12?,13?,14-,16?,17+,18?,22+,23-,24-,25?,26?,27+,28-/m0/s1. The quantitative estimate of drug-likeness (QED) is 0.356. The van der Waals surface area contributed by atoms with Gasteiger partial charge in [-0.1, -0.05) is 13.0 Å². The van der Waals surface area contributed by atoms with Gasteiger partial charge >= 0.3 is 11.9 Å². The van der Waals surface area contributed by atoms with Gasteiger partial charge in [0.15, 0.2) is 28.4 Å². The fourth-order valence-corrected chi connectivity index (χ4v) is 10.9. The molecule has 1 N–H and O–H groups in total. The van der Waals surface area contributed by atoms with Gasteiger partial charge in [-0.05, 0) is 63.4 Å². The van der Waals surface area contributed by atoms with Crippen molar-refractivity contribution in [3.8, 4) is 0 Å². The van der Waals surface area contributed by atoms with Gasteiger partial charge in [-0.2, -0.15) is 0 Å². The lowest BCUT2D eigenvalue weighted by molar-refractivity contribution is -0.375. The highest BCUT2D eigenvalue weighted by molar-refractivity contribution is 6.00. The highest BCUT2D eigenvalue weighted by atomic mass is 16.8. The lowest BCUT2D eigenvalue weighted by Crippen LogP contribution is -2.79. The van der Waals surface area contributed by atoms with E-state index in [4.69, 9.17) is 23.7 Å². The molecular weight excluding hydrogens is 496 g/mol. The van der Waals surface area contributed by atoms with Crippen molar-refractivity contribution in [1.29, 1.82) is 0 Å². The molecule has 3 spiro atoms.